The van der Waals surface area contributed by atoms with E-state index in [1.54, 1.807) is 25.4 Å². The zero-order valence-corrected chi connectivity index (χ0v) is 13.3. The molecule has 0 unspecified atom stereocenters. The molecule has 0 aliphatic heterocycles. The van der Waals surface area contributed by atoms with Gasteiger partial charge >= 0.3 is 0 Å². The molecule has 0 bridgehead atoms. The number of para-hydroxylation sites is 1. The lowest BCUT2D eigenvalue weighted by Crippen LogP contribution is -2.05. The first-order valence-corrected chi connectivity index (χ1v) is 7.28. The van der Waals surface area contributed by atoms with Gasteiger partial charge in [-0.2, -0.15) is 0 Å². The number of phenolic OH excluding ortho intramolecular Hbond substituents is 1. The number of methoxy groups -OCH3 is 1. The quantitative estimate of drug-likeness (QED) is 0.749. The summed E-state index contributed by atoms with van der Waals surface area (Å²) in [5.74, 6) is 0.806. The molecule has 1 aromatic carbocycles. The number of aromatic nitrogens is 1. The van der Waals surface area contributed by atoms with Crippen LogP contribution in [0.25, 0.3) is 0 Å². The number of halogens is 1. The van der Waals surface area contributed by atoms with Crippen LogP contribution in [0.1, 0.15) is 5.56 Å². The number of ether oxygens (including phenoxy) is 2. The fraction of sp³-hybridized carbons (Fsp3) is 0.267. The number of hydrogen-bond donors (Lipinski definition) is 2. The summed E-state index contributed by atoms with van der Waals surface area (Å²) >= 11 is 3.29. The van der Waals surface area contributed by atoms with Crippen molar-refractivity contribution in [1.82, 2.24) is 4.98 Å². The van der Waals surface area contributed by atoms with Crippen molar-refractivity contribution in [2.75, 3.05) is 25.6 Å². The predicted molar refractivity (Wildman–Crippen MR) is 84.7 cm³/mol. The van der Waals surface area contributed by atoms with E-state index in [0.717, 1.165) is 11.3 Å². The molecule has 0 saturated carbocycles. The minimum absolute atomic E-state index is 0.248. The maximum Gasteiger partial charge on any atom is 0.213 e. The molecule has 112 valence electrons. The summed E-state index contributed by atoms with van der Waals surface area (Å²) in [6, 6.07) is 9.21. The van der Waals surface area contributed by atoms with Gasteiger partial charge in [-0.15, -0.1) is 0 Å². The second-order valence-electron chi connectivity index (χ2n) is 4.33. The van der Waals surface area contributed by atoms with Crippen molar-refractivity contribution in [1.29, 1.82) is 0 Å². The molecular formula is C15H17BrN2O3. The van der Waals surface area contributed by atoms with Crippen LogP contribution < -0.4 is 10.1 Å². The van der Waals surface area contributed by atoms with Crippen molar-refractivity contribution < 1.29 is 14.6 Å². The smallest absolute Gasteiger partial charge is 0.213 e. The van der Waals surface area contributed by atoms with E-state index in [1.807, 2.05) is 18.2 Å². The molecule has 0 amide bonds. The Kier molecular flexibility index (Phi) is 5.83. The average Bonchev–Trinajstić information content (AvgIpc) is 2.50. The van der Waals surface area contributed by atoms with Gasteiger partial charge in [0.05, 0.1) is 23.0 Å². The van der Waals surface area contributed by atoms with E-state index < -0.39 is 0 Å². The monoisotopic (exact) mass is 352 g/mol. The van der Waals surface area contributed by atoms with Crippen molar-refractivity contribution >= 4 is 21.6 Å². The summed E-state index contributed by atoms with van der Waals surface area (Å²) in [4.78, 5) is 4.19. The van der Waals surface area contributed by atoms with Crippen LogP contribution in [0.2, 0.25) is 0 Å². The van der Waals surface area contributed by atoms with Crippen molar-refractivity contribution in [3.63, 3.8) is 0 Å². The van der Waals surface area contributed by atoms with Gasteiger partial charge in [0.1, 0.15) is 12.4 Å². The minimum atomic E-state index is 0.248. The number of pyridine rings is 1. The zero-order chi connectivity index (χ0) is 15.1. The van der Waals surface area contributed by atoms with E-state index in [-0.39, 0.29) is 5.75 Å². The third-order valence-electron chi connectivity index (χ3n) is 2.83. The lowest BCUT2D eigenvalue weighted by atomic mass is 10.2. The highest BCUT2D eigenvalue weighted by Gasteiger charge is 2.04. The Bertz CT molecular complexity index is 576. The van der Waals surface area contributed by atoms with E-state index in [0.29, 0.717) is 30.1 Å². The van der Waals surface area contributed by atoms with E-state index in [1.165, 1.54) is 0 Å². The highest BCUT2D eigenvalue weighted by atomic mass is 79.9. The normalized spacial score (nSPS) is 10.4. The summed E-state index contributed by atoms with van der Waals surface area (Å²) in [6.07, 6.45) is 1.69. The van der Waals surface area contributed by atoms with Crippen LogP contribution in [0.5, 0.6) is 11.6 Å². The van der Waals surface area contributed by atoms with Crippen molar-refractivity contribution in [3.8, 4) is 11.6 Å². The van der Waals surface area contributed by atoms with Gasteiger partial charge in [0.2, 0.25) is 5.88 Å². The fourth-order valence-corrected chi connectivity index (χ4v) is 2.11. The van der Waals surface area contributed by atoms with Crippen LogP contribution in [0, 0.1) is 0 Å². The summed E-state index contributed by atoms with van der Waals surface area (Å²) in [6.45, 7) is 1.52. The van der Waals surface area contributed by atoms with E-state index in [4.69, 9.17) is 9.47 Å². The molecule has 0 saturated heterocycles. The van der Waals surface area contributed by atoms with E-state index in [9.17, 15) is 5.11 Å². The van der Waals surface area contributed by atoms with Crippen molar-refractivity contribution in [2.45, 2.75) is 6.54 Å². The van der Waals surface area contributed by atoms with Gasteiger partial charge in [-0.25, -0.2) is 4.98 Å². The molecule has 0 atom stereocenters. The summed E-state index contributed by atoms with van der Waals surface area (Å²) in [7, 11) is 1.63. The van der Waals surface area contributed by atoms with E-state index >= 15 is 0 Å². The third kappa shape index (κ3) is 4.61. The number of benzene rings is 1. The number of anilines is 1. The Morgan fingerprint density at radius 3 is 2.81 bits per heavy atom. The Morgan fingerprint density at radius 2 is 2.10 bits per heavy atom. The molecule has 5 nitrogen and oxygen atoms in total. The Labute approximate surface area is 132 Å². The molecule has 21 heavy (non-hydrogen) atoms. The summed E-state index contributed by atoms with van der Waals surface area (Å²) in [5.41, 5.74) is 1.67. The largest absolute Gasteiger partial charge is 0.506 e. The Balaban J connectivity index is 1.90. The summed E-state index contributed by atoms with van der Waals surface area (Å²) < 4.78 is 11.0. The van der Waals surface area contributed by atoms with Crippen molar-refractivity contribution in [2.24, 2.45) is 0 Å². The molecule has 1 aromatic heterocycles. The molecule has 0 radical (unpaired) electrons. The third-order valence-corrected chi connectivity index (χ3v) is 3.47. The van der Waals surface area contributed by atoms with Gasteiger partial charge in [0.25, 0.3) is 0 Å². The molecule has 0 aliphatic rings. The number of nitrogens with zero attached hydrogens (tertiary/aromatic N) is 1. The SMILES string of the molecule is COCCOc1ccc(NCc2cccc(Br)c2O)cn1. The van der Waals surface area contributed by atoms with Crippen LogP contribution >= 0.6 is 15.9 Å². The second-order valence-corrected chi connectivity index (χ2v) is 5.18. The summed E-state index contributed by atoms with van der Waals surface area (Å²) in [5, 5.41) is 13.1. The number of rotatable bonds is 7. The van der Waals surface area contributed by atoms with Gasteiger partial charge in [-0.3, -0.25) is 0 Å². The van der Waals surface area contributed by atoms with E-state index in [2.05, 4.69) is 26.2 Å². The van der Waals surface area contributed by atoms with Gasteiger partial charge in [-0.1, -0.05) is 12.1 Å². The lowest BCUT2D eigenvalue weighted by molar-refractivity contribution is 0.144. The van der Waals surface area contributed by atoms with Gasteiger partial charge in [0, 0.05) is 25.3 Å². The van der Waals surface area contributed by atoms with Gasteiger partial charge < -0.3 is 19.9 Å². The number of phenols is 1. The lowest BCUT2D eigenvalue weighted by Gasteiger charge is -2.10. The standard InChI is InChI=1S/C15H17BrN2O3/c1-20-7-8-21-14-6-5-12(10-18-14)17-9-11-3-2-4-13(16)15(11)19/h2-6,10,17,19H,7-9H2,1H3. The Hall–Kier alpha value is -1.79. The molecule has 0 aliphatic carbocycles. The van der Waals surface area contributed by atoms with Crippen LogP contribution in [-0.2, 0) is 11.3 Å². The molecule has 2 N–H and O–H groups in total. The molecule has 0 fully saturated rings. The Morgan fingerprint density at radius 1 is 1.24 bits per heavy atom. The number of aromatic hydroxyl groups is 1. The maximum absolute atomic E-state index is 9.91. The predicted octanol–water partition coefficient (Wildman–Crippen LogP) is 3.19. The number of hydrogen-bond acceptors (Lipinski definition) is 5. The van der Waals surface area contributed by atoms with Gasteiger partial charge in [0.15, 0.2) is 0 Å². The number of nitrogens with one attached hydrogen (secondary N) is 1. The molecule has 1 heterocycles. The second kappa shape index (κ2) is 7.85. The molecule has 0 spiro atoms. The molecule has 6 heteroatoms. The van der Waals surface area contributed by atoms with Crippen LogP contribution in [0.15, 0.2) is 41.0 Å². The first-order valence-electron chi connectivity index (χ1n) is 6.48. The first kappa shape index (κ1) is 15.6. The van der Waals surface area contributed by atoms with Gasteiger partial charge in [-0.05, 0) is 28.1 Å². The highest BCUT2D eigenvalue weighted by molar-refractivity contribution is 9.10. The molecule has 2 aromatic rings. The maximum atomic E-state index is 9.91. The average molecular weight is 353 g/mol. The molecule has 2 rings (SSSR count). The highest BCUT2D eigenvalue weighted by Crippen LogP contribution is 2.27. The fourth-order valence-electron chi connectivity index (χ4n) is 1.70. The van der Waals surface area contributed by atoms with Crippen LogP contribution in [0.4, 0.5) is 5.69 Å². The topological polar surface area (TPSA) is 63.6 Å². The first-order chi connectivity index (χ1) is 10.2. The zero-order valence-electron chi connectivity index (χ0n) is 11.7. The van der Waals surface area contributed by atoms with Crippen molar-refractivity contribution in [3.05, 3.63) is 46.6 Å². The molecular weight excluding hydrogens is 336 g/mol. The van der Waals surface area contributed by atoms with Crippen LogP contribution in [-0.4, -0.2) is 30.4 Å². The van der Waals surface area contributed by atoms with Crippen LogP contribution in [0.3, 0.4) is 0 Å². The minimum Gasteiger partial charge on any atom is -0.506 e.